The van der Waals surface area contributed by atoms with Gasteiger partial charge >= 0.3 is 5.69 Å². The molecule has 2 rings (SSSR count). The number of aliphatic hydroxyl groups is 2. The summed E-state index contributed by atoms with van der Waals surface area (Å²) in [4.78, 5) is 16.2. The summed E-state index contributed by atoms with van der Waals surface area (Å²) in [6.07, 6.45) is 1.71. The van der Waals surface area contributed by atoms with Crippen LogP contribution in [0, 0.1) is 6.92 Å². The van der Waals surface area contributed by atoms with Gasteiger partial charge in [-0.25, -0.2) is 4.79 Å². The normalized spacial score (nSPS) is 24.6. The molecule has 0 bridgehead atoms. The number of ether oxygens (including phenoxy) is 1. The van der Waals surface area contributed by atoms with Crippen molar-refractivity contribution in [1.29, 1.82) is 0 Å². The number of rotatable bonds is 7. The second-order valence-corrected chi connectivity index (χ2v) is 5.50. The van der Waals surface area contributed by atoms with Gasteiger partial charge in [0.2, 0.25) is 0 Å². The minimum Gasteiger partial charge on any atom is -0.394 e. The molecule has 0 unspecified atom stereocenters. The van der Waals surface area contributed by atoms with Gasteiger partial charge in [0, 0.05) is 24.7 Å². The van der Waals surface area contributed by atoms with Gasteiger partial charge in [0.15, 0.2) is 0 Å². The first-order valence-electron chi connectivity index (χ1n) is 7.55. The Morgan fingerprint density at radius 3 is 2.95 bits per heavy atom. The maximum atomic E-state index is 12.1. The van der Waals surface area contributed by atoms with E-state index < -0.39 is 24.1 Å². The van der Waals surface area contributed by atoms with Crippen molar-refractivity contribution in [1.82, 2.24) is 9.55 Å². The summed E-state index contributed by atoms with van der Waals surface area (Å²) in [5, 5.41) is 22.0. The largest absolute Gasteiger partial charge is 0.394 e. The van der Waals surface area contributed by atoms with E-state index in [0.717, 1.165) is 18.4 Å². The van der Waals surface area contributed by atoms with Gasteiger partial charge in [-0.15, -0.1) is 0 Å². The lowest BCUT2D eigenvalue weighted by Crippen LogP contribution is -2.29. The van der Waals surface area contributed by atoms with Gasteiger partial charge in [0.05, 0.1) is 12.7 Å². The zero-order valence-electron chi connectivity index (χ0n) is 12.7. The number of nitrogens with zero attached hydrogens (tertiary/aromatic N) is 2. The van der Waals surface area contributed by atoms with Gasteiger partial charge < -0.3 is 26.0 Å². The van der Waals surface area contributed by atoms with Crippen LogP contribution >= 0.6 is 0 Å². The molecule has 0 spiro atoms. The smallest absolute Gasteiger partial charge is 0.351 e. The Labute approximate surface area is 128 Å². The van der Waals surface area contributed by atoms with Crippen molar-refractivity contribution in [3.8, 4) is 0 Å². The summed E-state index contributed by atoms with van der Waals surface area (Å²) in [6.45, 7) is 2.92. The molecule has 1 saturated heterocycles. The standard InChI is InChI=1S/C14H24N4O4/c1-9-7-18(12-6-10(20)11(8-19)22-12)14(21)17-13(9)16-5-3-2-4-15/h7,10-12,19-20H,2-6,8,15H2,1H3,(H,16,17,21)/t10-,11+,12+/m0/s1. The van der Waals surface area contributed by atoms with Gasteiger partial charge in [-0.2, -0.15) is 4.98 Å². The Bertz CT molecular complexity index is 548. The highest BCUT2D eigenvalue weighted by atomic mass is 16.5. The van der Waals surface area contributed by atoms with E-state index in [-0.39, 0.29) is 13.0 Å². The molecule has 1 aliphatic heterocycles. The van der Waals surface area contributed by atoms with Gasteiger partial charge in [0.1, 0.15) is 18.1 Å². The highest BCUT2D eigenvalue weighted by molar-refractivity contribution is 5.41. The van der Waals surface area contributed by atoms with Crippen molar-refractivity contribution >= 4 is 5.82 Å². The van der Waals surface area contributed by atoms with E-state index in [0.29, 0.717) is 18.9 Å². The molecule has 2 heterocycles. The fraction of sp³-hybridized carbons (Fsp3) is 0.714. The summed E-state index contributed by atoms with van der Waals surface area (Å²) in [5.41, 5.74) is 5.81. The average molecular weight is 312 g/mol. The van der Waals surface area contributed by atoms with Crippen LogP contribution in [0.15, 0.2) is 11.0 Å². The van der Waals surface area contributed by atoms with Crippen molar-refractivity contribution < 1.29 is 14.9 Å². The van der Waals surface area contributed by atoms with Gasteiger partial charge in [0.25, 0.3) is 0 Å². The molecule has 1 aromatic rings. The molecule has 0 radical (unpaired) electrons. The number of aliphatic hydroxyl groups excluding tert-OH is 2. The Morgan fingerprint density at radius 1 is 1.55 bits per heavy atom. The summed E-state index contributed by atoms with van der Waals surface area (Å²) in [6, 6.07) is 0. The highest BCUT2D eigenvalue weighted by Crippen LogP contribution is 2.27. The van der Waals surface area contributed by atoms with E-state index in [1.165, 1.54) is 4.57 Å². The van der Waals surface area contributed by atoms with Crippen LogP contribution in [0.25, 0.3) is 0 Å². The van der Waals surface area contributed by atoms with Crippen LogP contribution < -0.4 is 16.7 Å². The van der Waals surface area contributed by atoms with Crippen LogP contribution in [0.2, 0.25) is 0 Å². The van der Waals surface area contributed by atoms with Crippen LogP contribution in [-0.2, 0) is 4.74 Å². The molecule has 0 amide bonds. The number of unbranched alkanes of at least 4 members (excludes halogenated alkanes) is 1. The van der Waals surface area contributed by atoms with E-state index in [2.05, 4.69) is 10.3 Å². The molecule has 0 saturated carbocycles. The molecule has 1 aromatic heterocycles. The number of nitrogens with two attached hydrogens (primary N) is 1. The summed E-state index contributed by atoms with van der Waals surface area (Å²) < 4.78 is 6.85. The summed E-state index contributed by atoms with van der Waals surface area (Å²) >= 11 is 0. The molecule has 3 atom stereocenters. The molecule has 1 fully saturated rings. The van der Waals surface area contributed by atoms with Gasteiger partial charge in [-0.1, -0.05) is 0 Å². The molecular weight excluding hydrogens is 288 g/mol. The van der Waals surface area contributed by atoms with E-state index in [4.69, 9.17) is 15.6 Å². The third kappa shape index (κ3) is 3.83. The quantitative estimate of drug-likeness (QED) is 0.493. The van der Waals surface area contributed by atoms with Crippen molar-refractivity contribution in [2.75, 3.05) is 25.0 Å². The molecular formula is C14H24N4O4. The third-order valence-corrected chi connectivity index (χ3v) is 3.75. The lowest BCUT2D eigenvalue weighted by molar-refractivity contribution is -0.0459. The predicted octanol–water partition coefficient (Wildman–Crippen LogP) is -0.657. The fourth-order valence-electron chi connectivity index (χ4n) is 2.48. The molecule has 124 valence electrons. The summed E-state index contributed by atoms with van der Waals surface area (Å²) in [7, 11) is 0. The lowest BCUT2D eigenvalue weighted by Gasteiger charge is -2.16. The Hall–Kier alpha value is -1.48. The highest BCUT2D eigenvalue weighted by Gasteiger charge is 2.35. The monoisotopic (exact) mass is 312 g/mol. The molecule has 8 heteroatoms. The molecule has 22 heavy (non-hydrogen) atoms. The summed E-state index contributed by atoms with van der Waals surface area (Å²) in [5.74, 6) is 0.551. The van der Waals surface area contributed by atoms with Crippen molar-refractivity contribution in [3.63, 3.8) is 0 Å². The zero-order chi connectivity index (χ0) is 16.1. The van der Waals surface area contributed by atoms with Crippen LogP contribution in [0.5, 0.6) is 0 Å². The number of hydrogen-bond donors (Lipinski definition) is 4. The number of aryl methyl sites for hydroxylation is 1. The van der Waals surface area contributed by atoms with E-state index in [9.17, 15) is 9.90 Å². The maximum absolute atomic E-state index is 12.1. The lowest BCUT2D eigenvalue weighted by atomic mass is 10.2. The Balaban J connectivity index is 2.08. The topological polar surface area (TPSA) is 123 Å². The fourth-order valence-corrected chi connectivity index (χ4v) is 2.48. The second kappa shape index (κ2) is 7.68. The Kier molecular flexibility index (Phi) is 5.90. The third-order valence-electron chi connectivity index (χ3n) is 3.75. The number of nitrogens with one attached hydrogen (secondary N) is 1. The van der Waals surface area contributed by atoms with E-state index >= 15 is 0 Å². The number of hydrogen-bond acceptors (Lipinski definition) is 7. The van der Waals surface area contributed by atoms with Crippen molar-refractivity contribution in [3.05, 3.63) is 22.2 Å². The van der Waals surface area contributed by atoms with Gasteiger partial charge in [-0.3, -0.25) is 4.57 Å². The van der Waals surface area contributed by atoms with E-state index in [1.807, 2.05) is 6.92 Å². The maximum Gasteiger partial charge on any atom is 0.351 e. The van der Waals surface area contributed by atoms with E-state index in [1.54, 1.807) is 6.20 Å². The van der Waals surface area contributed by atoms with Crippen molar-refractivity contribution in [2.45, 2.75) is 44.6 Å². The van der Waals surface area contributed by atoms with Crippen LogP contribution in [0.3, 0.4) is 0 Å². The first-order chi connectivity index (χ1) is 10.6. The predicted molar refractivity (Wildman–Crippen MR) is 81.6 cm³/mol. The van der Waals surface area contributed by atoms with Gasteiger partial charge in [-0.05, 0) is 26.3 Å². The molecule has 0 aliphatic carbocycles. The molecule has 8 nitrogen and oxygen atoms in total. The van der Waals surface area contributed by atoms with Crippen LogP contribution in [0.4, 0.5) is 5.82 Å². The minimum atomic E-state index is -0.781. The molecule has 5 N–H and O–H groups in total. The zero-order valence-corrected chi connectivity index (χ0v) is 12.7. The van der Waals surface area contributed by atoms with Crippen LogP contribution in [0.1, 0.15) is 31.1 Å². The molecule has 1 aliphatic rings. The van der Waals surface area contributed by atoms with Crippen LogP contribution in [-0.4, -0.2) is 51.7 Å². The molecule has 0 aromatic carbocycles. The number of aromatic nitrogens is 2. The average Bonchev–Trinajstić information content (AvgIpc) is 2.87. The minimum absolute atomic E-state index is 0.259. The first kappa shape index (κ1) is 16.9. The Morgan fingerprint density at radius 2 is 2.32 bits per heavy atom. The first-order valence-corrected chi connectivity index (χ1v) is 7.55. The number of anilines is 1. The second-order valence-electron chi connectivity index (χ2n) is 5.50. The van der Waals surface area contributed by atoms with Crippen molar-refractivity contribution in [2.24, 2.45) is 5.73 Å². The SMILES string of the molecule is Cc1cn([C@H]2C[C@H](O)[C@@H](CO)O2)c(=O)nc1NCCCCN.